The number of carbonyl (C=O) groups is 2. The molecule has 4 heteroatoms. The second-order valence-electron chi connectivity index (χ2n) is 5.27. The number of benzene rings is 2. The van der Waals surface area contributed by atoms with Crippen LogP contribution in [0.3, 0.4) is 0 Å². The highest BCUT2D eigenvalue weighted by molar-refractivity contribution is 6.07. The minimum absolute atomic E-state index is 0.243. The molecule has 112 valence electrons. The fourth-order valence-electron chi connectivity index (χ4n) is 2.90. The van der Waals surface area contributed by atoms with Gasteiger partial charge in [-0.25, -0.2) is 0 Å². The van der Waals surface area contributed by atoms with Gasteiger partial charge in [-0.05, 0) is 11.1 Å². The predicted molar refractivity (Wildman–Crippen MR) is 80.0 cm³/mol. The fourth-order valence-corrected chi connectivity index (χ4v) is 2.90. The Balaban J connectivity index is 2.04. The molecular formula is C18H16O4. The summed E-state index contributed by atoms with van der Waals surface area (Å²) in [4.78, 5) is 25.0. The summed E-state index contributed by atoms with van der Waals surface area (Å²) in [6, 6.07) is 18.4. The van der Waals surface area contributed by atoms with Crippen LogP contribution in [-0.2, 0) is 24.5 Å². The van der Waals surface area contributed by atoms with Crippen LogP contribution in [0, 0.1) is 0 Å². The van der Waals surface area contributed by atoms with E-state index in [0.29, 0.717) is 5.56 Å². The zero-order valence-corrected chi connectivity index (χ0v) is 12.2. The second-order valence-corrected chi connectivity index (χ2v) is 5.27. The first-order valence-corrected chi connectivity index (χ1v) is 7.08. The van der Waals surface area contributed by atoms with E-state index < -0.39 is 23.5 Å². The van der Waals surface area contributed by atoms with Gasteiger partial charge in [0, 0.05) is 6.42 Å². The molecule has 1 fully saturated rings. The van der Waals surface area contributed by atoms with Crippen molar-refractivity contribution in [1.29, 1.82) is 0 Å². The minimum atomic E-state index is -1.39. The van der Waals surface area contributed by atoms with Crippen molar-refractivity contribution in [2.45, 2.75) is 17.9 Å². The van der Waals surface area contributed by atoms with Gasteiger partial charge >= 0.3 is 11.9 Å². The van der Waals surface area contributed by atoms with Crippen LogP contribution in [0.5, 0.6) is 0 Å². The van der Waals surface area contributed by atoms with Crippen LogP contribution in [-0.4, -0.2) is 19.0 Å². The largest absolute Gasteiger partial charge is 0.468 e. The van der Waals surface area contributed by atoms with E-state index >= 15 is 0 Å². The molecule has 0 amide bonds. The molecule has 2 aromatic carbocycles. The summed E-state index contributed by atoms with van der Waals surface area (Å²) in [5.41, 5.74) is 0.0825. The van der Waals surface area contributed by atoms with Crippen molar-refractivity contribution >= 4 is 11.9 Å². The third-order valence-corrected chi connectivity index (χ3v) is 4.06. The summed E-state index contributed by atoms with van der Waals surface area (Å²) in [7, 11) is 1.29. The number of rotatable bonds is 3. The van der Waals surface area contributed by atoms with E-state index in [0.717, 1.165) is 5.56 Å². The number of hydrogen-bond donors (Lipinski definition) is 0. The highest BCUT2D eigenvalue weighted by atomic mass is 16.6. The highest BCUT2D eigenvalue weighted by Crippen LogP contribution is 2.44. The van der Waals surface area contributed by atoms with Crippen LogP contribution in [0.4, 0.5) is 0 Å². The van der Waals surface area contributed by atoms with E-state index in [2.05, 4.69) is 0 Å². The molecule has 0 N–H and O–H groups in total. The lowest BCUT2D eigenvalue weighted by Gasteiger charge is -2.22. The molecule has 0 radical (unpaired) electrons. The van der Waals surface area contributed by atoms with Crippen LogP contribution < -0.4 is 0 Å². The molecule has 2 aromatic rings. The second kappa shape index (κ2) is 5.64. The van der Waals surface area contributed by atoms with E-state index in [1.807, 2.05) is 36.4 Å². The Hall–Kier alpha value is -2.62. The maximum atomic E-state index is 12.6. The highest BCUT2D eigenvalue weighted by Gasteiger charge is 2.57. The monoisotopic (exact) mass is 296 g/mol. The molecule has 4 nitrogen and oxygen atoms in total. The summed E-state index contributed by atoms with van der Waals surface area (Å²) in [6.07, 6.45) is -0.208. The van der Waals surface area contributed by atoms with Crippen molar-refractivity contribution in [3.63, 3.8) is 0 Å². The maximum Gasteiger partial charge on any atom is 0.328 e. The first kappa shape index (κ1) is 14.3. The molecule has 2 atom stereocenters. The lowest BCUT2D eigenvalue weighted by molar-refractivity contribution is -0.157. The summed E-state index contributed by atoms with van der Waals surface area (Å²) in [6.45, 7) is 0. The van der Waals surface area contributed by atoms with Crippen LogP contribution in [0.15, 0.2) is 60.7 Å². The van der Waals surface area contributed by atoms with E-state index in [9.17, 15) is 9.59 Å². The minimum Gasteiger partial charge on any atom is -0.468 e. The smallest absolute Gasteiger partial charge is 0.328 e. The SMILES string of the molecule is COC(=O)[C@@]1(c2ccccc2)C[C@@H](c2ccccc2)OC1=O. The van der Waals surface area contributed by atoms with Gasteiger partial charge in [-0.2, -0.15) is 0 Å². The van der Waals surface area contributed by atoms with Crippen molar-refractivity contribution in [3.8, 4) is 0 Å². The molecule has 0 unspecified atom stereocenters. The van der Waals surface area contributed by atoms with Gasteiger partial charge in [0.2, 0.25) is 0 Å². The van der Waals surface area contributed by atoms with Crippen LogP contribution in [0.1, 0.15) is 23.7 Å². The normalized spacial score (nSPS) is 23.9. The summed E-state index contributed by atoms with van der Waals surface area (Å²) in [5.74, 6) is -1.14. The summed E-state index contributed by atoms with van der Waals surface area (Å²) in [5, 5.41) is 0. The molecular weight excluding hydrogens is 280 g/mol. The lowest BCUT2D eigenvalue weighted by Crippen LogP contribution is -2.41. The molecule has 0 aliphatic carbocycles. The Morgan fingerprint density at radius 2 is 1.68 bits per heavy atom. The average molecular weight is 296 g/mol. The predicted octanol–water partition coefficient (Wildman–Crippen LogP) is 2.79. The van der Waals surface area contributed by atoms with Gasteiger partial charge in [0.1, 0.15) is 6.10 Å². The van der Waals surface area contributed by atoms with Gasteiger partial charge in [-0.1, -0.05) is 60.7 Å². The first-order chi connectivity index (χ1) is 10.7. The zero-order chi connectivity index (χ0) is 15.6. The van der Waals surface area contributed by atoms with E-state index in [1.54, 1.807) is 24.3 Å². The van der Waals surface area contributed by atoms with Gasteiger partial charge in [-0.15, -0.1) is 0 Å². The summed E-state index contributed by atoms with van der Waals surface area (Å²) >= 11 is 0. The van der Waals surface area contributed by atoms with Crippen molar-refractivity contribution in [2.24, 2.45) is 0 Å². The number of carbonyl (C=O) groups excluding carboxylic acids is 2. The standard InChI is InChI=1S/C18H16O4/c1-21-16(19)18(14-10-6-3-7-11-14)12-15(22-17(18)20)13-8-4-2-5-9-13/h2-11,15H,12H2,1H3/t15-,18-/m0/s1. The molecule has 1 saturated heterocycles. The van der Waals surface area contributed by atoms with Gasteiger partial charge in [0.15, 0.2) is 5.41 Å². The molecule has 0 saturated carbocycles. The van der Waals surface area contributed by atoms with Gasteiger partial charge in [0.05, 0.1) is 7.11 Å². The molecule has 0 aromatic heterocycles. The van der Waals surface area contributed by atoms with Crippen molar-refractivity contribution < 1.29 is 19.1 Å². The number of hydrogen-bond acceptors (Lipinski definition) is 4. The van der Waals surface area contributed by atoms with Gasteiger partial charge in [0.25, 0.3) is 0 Å². The Bertz CT molecular complexity index is 681. The van der Waals surface area contributed by atoms with Crippen LogP contribution >= 0.6 is 0 Å². The van der Waals surface area contributed by atoms with Crippen molar-refractivity contribution in [1.82, 2.24) is 0 Å². The molecule has 3 rings (SSSR count). The van der Waals surface area contributed by atoms with Crippen LogP contribution in [0.2, 0.25) is 0 Å². The number of ether oxygens (including phenoxy) is 2. The molecule has 1 aliphatic rings. The quantitative estimate of drug-likeness (QED) is 0.645. The maximum absolute atomic E-state index is 12.6. The Morgan fingerprint density at radius 3 is 2.27 bits per heavy atom. The number of cyclic esters (lactones) is 1. The third-order valence-electron chi connectivity index (χ3n) is 4.06. The van der Waals surface area contributed by atoms with Gasteiger partial charge in [-0.3, -0.25) is 9.59 Å². The third kappa shape index (κ3) is 2.17. The summed E-state index contributed by atoms with van der Waals surface area (Å²) < 4.78 is 10.4. The number of esters is 2. The van der Waals surface area contributed by atoms with Crippen molar-refractivity contribution in [2.75, 3.05) is 7.11 Å². The molecule has 0 spiro atoms. The Kier molecular flexibility index (Phi) is 3.67. The first-order valence-electron chi connectivity index (χ1n) is 7.08. The van der Waals surface area contributed by atoms with E-state index in [4.69, 9.17) is 9.47 Å². The van der Waals surface area contributed by atoms with Crippen molar-refractivity contribution in [3.05, 3.63) is 71.8 Å². The van der Waals surface area contributed by atoms with Crippen LogP contribution in [0.25, 0.3) is 0 Å². The zero-order valence-electron chi connectivity index (χ0n) is 12.2. The topological polar surface area (TPSA) is 52.6 Å². The molecule has 0 bridgehead atoms. The Labute approximate surface area is 128 Å². The number of methoxy groups -OCH3 is 1. The average Bonchev–Trinajstić information content (AvgIpc) is 2.94. The lowest BCUT2D eigenvalue weighted by atomic mass is 9.77. The molecule has 1 aliphatic heterocycles. The Morgan fingerprint density at radius 1 is 1.09 bits per heavy atom. The van der Waals surface area contributed by atoms with Gasteiger partial charge < -0.3 is 9.47 Å². The van der Waals surface area contributed by atoms with E-state index in [-0.39, 0.29) is 6.42 Å². The van der Waals surface area contributed by atoms with E-state index in [1.165, 1.54) is 7.11 Å². The molecule has 22 heavy (non-hydrogen) atoms. The molecule has 1 heterocycles. The fraction of sp³-hybridized carbons (Fsp3) is 0.222.